The van der Waals surface area contributed by atoms with E-state index in [2.05, 4.69) is 5.10 Å². The number of aryl methyl sites for hydroxylation is 2. The van der Waals surface area contributed by atoms with Crippen molar-refractivity contribution in [3.8, 4) is 0 Å². The lowest BCUT2D eigenvalue weighted by molar-refractivity contribution is -0.130. The predicted molar refractivity (Wildman–Crippen MR) is 81.6 cm³/mol. The van der Waals surface area contributed by atoms with Crippen LogP contribution in [0.5, 0.6) is 0 Å². The van der Waals surface area contributed by atoms with Crippen molar-refractivity contribution in [2.24, 2.45) is 18.7 Å². The summed E-state index contributed by atoms with van der Waals surface area (Å²) in [4.78, 5) is 24.7. The van der Waals surface area contributed by atoms with Crippen LogP contribution in [0.15, 0.2) is 11.1 Å². The van der Waals surface area contributed by atoms with E-state index in [0.29, 0.717) is 5.69 Å². The summed E-state index contributed by atoms with van der Waals surface area (Å²) < 4.78 is 28.3. The van der Waals surface area contributed by atoms with Gasteiger partial charge in [0.25, 0.3) is 0 Å². The molecule has 0 unspecified atom stereocenters. The molecule has 2 N–H and O–H groups in total. The molecule has 128 valence electrons. The highest BCUT2D eigenvalue weighted by molar-refractivity contribution is 7.89. The predicted octanol–water partition coefficient (Wildman–Crippen LogP) is -1.32. The van der Waals surface area contributed by atoms with Crippen LogP contribution in [0.3, 0.4) is 0 Å². The summed E-state index contributed by atoms with van der Waals surface area (Å²) in [5.74, 6) is -1.58. The van der Waals surface area contributed by atoms with E-state index in [1.165, 1.54) is 27.0 Å². The summed E-state index contributed by atoms with van der Waals surface area (Å²) in [5.41, 5.74) is 5.75. The minimum absolute atomic E-state index is 0.0459. The molecule has 1 atom stereocenters. The first-order chi connectivity index (χ1) is 10.6. The van der Waals surface area contributed by atoms with Crippen LogP contribution in [0.25, 0.3) is 0 Å². The number of nitrogens with two attached hydrogens (primary N) is 1. The Morgan fingerprint density at radius 3 is 2.43 bits per heavy atom. The Morgan fingerprint density at radius 2 is 1.96 bits per heavy atom. The van der Waals surface area contributed by atoms with E-state index in [4.69, 9.17) is 5.73 Å². The summed E-state index contributed by atoms with van der Waals surface area (Å²) in [6.07, 6.45) is 1.43. The molecular weight excluding hydrogens is 322 g/mol. The van der Waals surface area contributed by atoms with Gasteiger partial charge in [-0.05, 0) is 6.92 Å². The first kappa shape index (κ1) is 17.4. The number of sulfonamides is 1. The zero-order chi connectivity index (χ0) is 17.4. The second-order valence-corrected chi connectivity index (χ2v) is 7.59. The third-order valence-electron chi connectivity index (χ3n) is 3.92. The Hall–Kier alpha value is -1.94. The molecule has 1 saturated heterocycles. The third-order valence-corrected chi connectivity index (χ3v) is 5.89. The minimum atomic E-state index is -3.81. The fourth-order valence-corrected chi connectivity index (χ4v) is 4.32. The molecule has 9 nitrogen and oxygen atoms in total. The second-order valence-electron chi connectivity index (χ2n) is 5.68. The highest BCUT2D eigenvalue weighted by Crippen LogP contribution is 2.22. The number of rotatable bonds is 3. The number of aromatic nitrogens is 2. The van der Waals surface area contributed by atoms with Crippen molar-refractivity contribution in [1.29, 1.82) is 0 Å². The van der Waals surface area contributed by atoms with Crippen molar-refractivity contribution in [3.05, 3.63) is 11.9 Å². The quantitative estimate of drug-likeness (QED) is 0.730. The SMILES string of the molecule is CC(=O)N1CCN(S(=O)(=O)c2cn(C)nc2C)C[C@H](C(N)=O)C1. The van der Waals surface area contributed by atoms with Crippen LogP contribution in [0, 0.1) is 12.8 Å². The molecule has 10 heteroatoms. The van der Waals surface area contributed by atoms with Gasteiger partial charge >= 0.3 is 0 Å². The Morgan fingerprint density at radius 1 is 1.30 bits per heavy atom. The maximum Gasteiger partial charge on any atom is 0.246 e. The van der Waals surface area contributed by atoms with Crippen LogP contribution < -0.4 is 5.73 Å². The molecular formula is C13H21N5O4S. The van der Waals surface area contributed by atoms with E-state index in [9.17, 15) is 18.0 Å². The van der Waals surface area contributed by atoms with Crippen LogP contribution in [-0.4, -0.2) is 65.4 Å². The van der Waals surface area contributed by atoms with Gasteiger partial charge in [0, 0.05) is 46.3 Å². The fraction of sp³-hybridized carbons (Fsp3) is 0.615. The molecule has 1 aliphatic heterocycles. The van der Waals surface area contributed by atoms with Crippen LogP contribution in [-0.2, 0) is 26.7 Å². The van der Waals surface area contributed by atoms with E-state index in [1.807, 2.05) is 0 Å². The van der Waals surface area contributed by atoms with Gasteiger partial charge in [0.2, 0.25) is 21.8 Å². The molecule has 1 aromatic heterocycles. The summed E-state index contributed by atoms with van der Waals surface area (Å²) in [6.45, 7) is 3.40. The molecule has 0 aromatic carbocycles. The average molecular weight is 343 g/mol. The lowest BCUT2D eigenvalue weighted by atomic mass is 10.1. The maximum absolute atomic E-state index is 12.8. The van der Waals surface area contributed by atoms with E-state index in [-0.39, 0.29) is 37.0 Å². The number of carbonyl (C=O) groups is 2. The first-order valence-corrected chi connectivity index (χ1v) is 8.62. The number of hydrogen-bond donors (Lipinski definition) is 1. The normalized spacial score (nSPS) is 20.3. The Kier molecular flexibility index (Phi) is 4.76. The number of hydrogen-bond acceptors (Lipinski definition) is 5. The number of nitrogens with zero attached hydrogens (tertiary/aromatic N) is 4. The topological polar surface area (TPSA) is 119 Å². The summed E-state index contributed by atoms with van der Waals surface area (Å²) in [7, 11) is -2.17. The zero-order valence-corrected chi connectivity index (χ0v) is 14.2. The lowest BCUT2D eigenvalue weighted by Crippen LogP contribution is -2.40. The molecule has 2 amide bonds. The van der Waals surface area contributed by atoms with Crippen LogP contribution >= 0.6 is 0 Å². The van der Waals surface area contributed by atoms with Gasteiger partial charge in [0.1, 0.15) is 4.90 Å². The number of amides is 2. The van der Waals surface area contributed by atoms with Crippen LogP contribution in [0.1, 0.15) is 12.6 Å². The summed E-state index contributed by atoms with van der Waals surface area (Å²) in [6, 6.07) is 0. The maximum atomic E-state index is 12.8. The third kappa shape index (κ3) is 3.53. The monoisotopic (exact) mass is 343 g/mol. The molecule has 2 heterocycles. The summed E-state index contributed by atoms with van der Waals surface area (Å²) in [5, 5.41) is 4.05. The van der Waals surface area contributed by atoms with Gasteiger partial charge in [-0.1, -0.05) is 0 Å². The molecule has 1 aliphatic rings. The average Bonchev–Trinajstić information content (AvgIpc) is 2.67. The highest BCUT2D eigenvalue weighted by atomic mass is 32.2. The van der Waals surface area contributed by atoms with E-state index < -0.39 is 21.8 Å². The van der Waals surface area contributed by atoms with E-state index in [1.54, 1.807) is 14.0 Å². The number of carbonyl (C=O) groups excluding carboxylic acids is 2. The largest absolute Gasteiger partial charge is 0.369 e. The van der Waals surface area contributed by atoms with Gasteiger partial charge in [-0.2, -0.15) is 9.40 Å². The molecule has 1 fully saturated rings. The van der Waals surface area contributed by atoms with Gasteiger partial charge in [0.05, 0.1) is 11.6 Å². The van der Waals surface area contributed by atoms with Crippen molar-refractivity contribution in [2.75, 3.05) is 26.2 Å². The fourth-order valence-electron chi connectivity index (χ4n) is 2.64. The lowest BCUT2D eigenvalue weighted by Gasteiger charge is -2.21. The van der Waals surface area contributed by atoms with Gasteiger partial charge in [-0.3, -0.25) is 14.3 Å². The Balaban J connectivity index is 2.36. The molecule has 0 spiro atoms. The van der Waals surface area contributed by atoms with Crippen LogP contribution in [0.2, 0.25) is 0 Å². The first-order valence-electron chi connectivity index (χ1n) is 7.18. The van der Waals surface area contributed by atoms with E-state index in [0.717, 1.165) is 0 Å². The molecule has 23 heavy (non-hydrogen) atoms. The van der Waals surface area contributed by atoms with Crippen LogP contribution in [0.4, 0.5) is 0 Å². The standard InChI is InChI=1S/C13H21N5O4S/c1-9-12(8-16(3)15-9)23(21,22)18-5-4-17(10(2)19)6-11(7-18)13(14)20/h8,11H,4-7H2,1-3H3,(H2,14,20)/t11-/m1/s1. The summed E-state index contributed by atoms with van der Waals surface area (Å²) >= 11 is 0. The molecule has 1 aromatic rings. The van der Waals surface area contributed by atoms with Gasteiger partial charge in [0.15, 0.2) is 0 Å². The smallest absolute Gasteiger partial charge is 0.246 e. The van der Waals surface area contributed by atoms with Crippen molar-refractivity contribution < 1.29 is 18.0 Å². The molecule has 2 rings (SSSR count). The van der Waals surface area contributed by atoms with Gasteiger partial charge in [-0.25, -0.2) is 8.42 Å². The van der Waals surface area contributed by atoms with Gasteiger partial charge in [-0.15, -0.1) is 0 Å². The highest BCUT2D eigenvalue weighted by Gasteiger charge is 2.35. The number of primary amides is 1. The minimum Gasteiger partial charge on any atom is -0.369 e. The Bertz CT molecular complexity index is 727. The zero-order valence-electron chi connectivity index (χ0n) is 13.4. The van der Waals surface area contributed by atoms with Crippen molar-refractivity contribution in [1.82, 2.24) is 19.0 Å². The van der Waals surface area contributed by atoms with Crippen molar-refractivity contribution >= 4 is 21.8 Å². The van der Waals surface area contributed by atoms with E-state index >= 15 is 0 Å². The second kappa shape index (κ2) is 6.28. The molecule has 0 aliphatic carbocycles. The van der Waals surface area contributed by atoms with Crippen molar-refractivity contribution in [2.45, 2.75) is 18.7 Å². The van der Waals surface area contributed by atoms with Crippen molar-refractivity contribution in [3.63, 3.8) is 0 Å². The molecule has 0 bridgehead atoms. The molecule has 0 saturated carbocycles. The molecule has 0 radical (unpaired) electrons. The Labute approximate surface area is 135 Å². The van der Waals surface area contributed by atoms with Gasteiger partial charge < -0.3 is 10.6 Å².